The molecule has 1 saturated carbocycles. The highest BCUT2D eigenvalue weighted by molar-refractivity contribution is 5.85. The lowest BCUT2D eigenvalue weighted by molar-refractivity contribution is -0.131. The second-order valence-corrected chi connectivity index (χ2v) is 6.27. The zero-order valence-corrected chi connectivity index (χ0v) is 12.5. The van der Waals surface area contributed by atoms with Gasteiger partial charge in [0.15, 0.2) is 0 Å². The lowest BCUT2D eigenvalue weighted by atomic mass is 9.81. The van der Waals surface area contributed by atoms with E-state index >= 15 is 0 Å². The first kappa shape index (κ1) is 15.8. The van der Waals surface area contributed by atoms with Crippen molar-refractivity contribution >= 4 is 18.3 Å². The molecule has 1 aliphatic carbocycles. The van der Waals surface area contributed by atoms with Gasteiger partial charge in [0.25, 0.3) is 0 Å². The number of piperidine rings is 1. The molecule has 4 heteroatoms. The van der Waals surface area contributed by atoms with Gasteiger partial charge in [-0.05, 0) is 51.0 Å². The number of halogens is 1. The first-order chi connectivity index (χ1) is 8.10. The molecule has 0 aromatic heterocycles. The highest BCUT2D eigenvalue weighted by Crippen LogP contribution is 2.49. The third-order valence-corrected chi connectivity index (χ3v) is 4.51. The minimum Gasteiger partial charge on any atom is -0.355 e. The largest absolute Gasteiger partial charge is 0.355 e. The third kappa shape index (κ3) is 3.61. The van der Waals surface area contributed by atoms with E-state index < -0.39 is 0 Å². The van der Waals surface area contributed by atoms with Crippen LogP contribution < -0.4 is 10.6 Å². The van der Waals surface area contributed by atoms with E-state index in [2.05, 4.69) is 24.5 Å². The third-order valence-electron chi connectivity index (χ3n) is 4.51. The highest BCUT2D eigenvalue weighted by Gasteiger charge is 2.43. The van der Waals surface area contributed by atoms with Crippen LogP contribution in [0.2, 0.25) is 0 Å². The molecule has 1 heterocycles. The van der Waals surface area contributed by atoms with Gasteiger partial charge in [-0.15, -0.1) is 12.4 Å². The Kier molecular flexibility index (Phi) is 5.47. The number of nitrogens with one attached hydrogen (secondary N) is 2. The number of hydrogen-bond donors (Lipinski definition) is 2. The Hall–Kier alpha value is -0.280. The van der Waals surface area contributed by atoms with Gasteiger partial charge in [-0.1, -0.05) is 13.3 Å². The minimum absolute atomic E-state index is 0. The number of amides is 1. The second-order valence-electron chi connectivity index (χ2n) is 6.27. The van der Waals surface area contributed by atoms with Crippen LogP contribution in [-0.2, 0) is 4.79 Å². The average molecular weight is 275 g/mol. The van der Waals surface area contributed by atoms with Crippen molar-refractivity contribution in [2.75, 3.05) is 19.6 Å². The molecule has 2 rings (SSSR count). The van der Waals surface area contributed by atoms with Crippen LogP contribution in [0.4, 0.5) is 0 Å². The van der Waals surface area contributed by atoms with Crippen molar-refractivity contribution in [2.45, 2.75) is 52.4 Å². The Balaban J connectivity index is 0.00000162. The van der Waals surface area contributed by atoms with Crippen LogP contribution in [0.5, 0.6) is 0 Å². The molecular formula is C14H27ClN2O. The Bertz CT molecular complexity index is 284. The maximum absolute atomic E-state index is 12.2. The topological polar surface area (TPSA) is 41.1 Å². The van der Waals surface area contributed by atoms with Gasteiger partial charge in [-0.2, -0.15) is 0 Å². The predicted octanol–water partition coefficient (Wildman–Crippen LogP) is 2.49. The second kappa shape index (κ2) is 6.25. The van der Waals surface area contributed by atoms with Gasteiger partial charge in [0, 0.05) is 13.1 Å². The lowest BCUT2D eigenvalue weighted by Gasteiger charge is -2.33. The smallest absolute Gasteiger partial charge is 0.227 e. The summed E-state index contributed by atoms with van der Waals surface area (Å²) < 4.78 is 0. The van der Waals surface area contributed by atoms with Crippen LogP contribution in [-0.4, -0.2) is 25.5 Å². The summed E-state index contributed by atoms with van der Waals surface area (Å²) in [6.45, 7) is 7.11. The summed E-state index contributed by atoms with van der Waals surface area (Å²) >= 11 is 0. The van der Waals surface area contributed by atoms with Crippen molar-refractivity contribution < 1.29 is 4.79 Å². The molecule has 1 saturated heterocycles. The van der Waals surface area contributed by atoms with E-state index in [0.717, 1.165) is 32.5 Å². The molecule has 0 aromatic rings. The van der Waals surface area contributed by atoms with Gasteiger partial charge in [-0.3, -0.25) is 4.79 Å². The van der Waals surface area contributed by atoms with Crippen LogP contribution in [0.3, 0.4) is 0 Å². The van der Waals surface area contributed by atoms with Gasteiger partial charge in [0.1, 0.15) is 0 Å². The summed E-state index contributed by atoms with van der Waals surface area (Å²) in [5.74, 6) is 0.257. The predicted molar refractivity (Wildman–Crippen MR) is 77.0 cm³/mol. The molecule has 2 aliphatic rings. The molecule has 1 atom stereocenters. The van der Waals surface area contributed by atoms with Crippen molar-refractivity contribution in [3.8, 4) is 0 Å². The van der Waals surface area contributed by atoms with E-state index in [1.807, 2.05) is 0 Å². The van der Waals surface area contributed by atoms with E-state index in [1.54, 1.807) is 0 Å². The van der Waals surface area contributed by atoms with E-state index in [0.29, 0.717) is 5.41 Å². The number of carbonyl (C=O) groups is 1. The fourth-order valence-electron chi connectivity index (χ4n) is 2.95. The molecule has 106 valence electrons. The summed E-state index contributed by atoms with van der Waals surface area (Å²) in [4.78, 5) is 12.2. The van der Waals surface area contributed by atoms with E-state index in [4.69, 9.17) is 0 Å². The average Bonchev–Trinajstić information content (AvgIpc) is 3.08. The minimum atomic E-state index is -0.180. The lowest BCUT2D eigenvalue weighted by Crippen LogP contribution is -2.49. The van der Waals surface area contributed by atoms with Gasteiger partial charge >= 0.3 is 0 Å². The summed E-state index contributed by atoms with van der Waals surface area (Å²) in [5.41, 5.74) is 0.281. The molecule has 0 bridgehead atoms. The molecule has 2 fully saturated rings. The number of rotatable bonds is 5. The molecular weight excluding hydrogens is 248 g/mol. The summed E-state index contributed by atoms with van der Waals surface area (Å²) in [5, 5.41) is 6.53. The quantitative estimate of drug-likeness (QED) is 0.809. The highest BCUT2D eigenvalue weighted by atomic mass is 35.5. The van der Waals surface area contributed by atoms with E-state index in [1.165, 1.54) is 25.7 Å². The normalized spacial score (nSPS) is 29.2. The first-order valence-corrected chi connectivity index (χ1v) is 7.09. The van der Waals surface area contributed by atoms with E-state index in [-0.39, 0.29) is 23.7 Å². The standard InChI is InChI=1S/C14H26N2O.ClH/c1-3-5-14(7-8-14)11-16-12(17)13(2)6-4-9-15-10-13;/h15H,3-11H2,1-2H3,(H,16,17);1H. The van der Waals surface area contributed by atoms with Crippen LogP contribution in [0, 0.1) is 10.8 Å². The fraction of sp³-hybridized carbons (Fsp3) is 0.929. The summed E-state index contributed by atoms with van der Waals surface area (Å²) in [6, 6.07) is 0. The zero-order chi connectivity index (χ0) is 12.4. The fourth-order valence-corrected chi connectivity index (χ4v) is 2.95. The summed E-state index contributed by atoms with van der Waals surface area (Å²) in [6.07, 6.45) is 7.24. The van der Waals surface area contributed by atoms with Crippen LogP contribution in [0.15, 0.2) is 0 Å². The van der Waals surface area contributed by atoms with Crippen molar-refractivity contribution in [1.29, 1.82) is 0 Å². The molecule has 0 aromatic carbocycles. The van der Waals surface area contributed by atoms with Crippen molar-refractivity contribution in [1.82, 2.24) is 10.6 Å². The Morgan fingerprint density at radius 2 is 2.06 bits per heavy atom. The molecule has 0 radical (unpaired) electrons. The van der Waals surface area contributed by atoms with Crippen LogP contribution >= 0.6 is 12.4 Å². The van der Waals surface area contributed by atoms with E-state index in [9.17, 15) is 4.79 Å². The molecule has 1 unspecified atom stereocenters. The molecule has 18 heavy (non-hydrogen) atoms. The first-order valence-electron chi connectivity index (χ1n) is 7.09. The van der Waals surface area contributed by atoms with Crippen molar-refractivity contribution in [3.63, 3.8) is 0 Å². The SMILES string of the molecule is CCCC1(CNC(=O)C2(C)CCCNC2)CC1.Cl. The molecule has 0 spiro atoms. The molecule has 3 nitrogen and oxygen atoms in total. The van der Waals surface area contributed by atoms with Gasteiger partial charge in [0.05, 0.1) is 5.41 Å². The van der Waals surface area contributed by atoms with Crippen molar-refractivity contribution in [3.05, 3.63) is 0 Å². The van der Waals surface area contributed by atoms with Gasteiger partial charge in [0.2, 0.25) is 5.91 Å². The zero-order valence-electron chi connectivity index (χ0n) is 11.7. The summed E-state index contributed by atoms with van der Waals surface area (Å²) in [7, 11) is 0. The number of carbonyl (C=O) groups excluding carboxylic acids is 1. The molecule has 1 amide bonds. The number of hydrogen-bond acceptors (Lipinski definition) is 2. The monoisotopic (exact) mass is 274 g/mol. The van der Waals surface area contributed by atoms with Gasteiger partial charge in [-0.25, -0.2) is 0 Å². The van der Waals surface area contributed by atoms with Crippen LogP contribution in [0.25, 0.3) is 0 Å². The Morgan fingerprint density at radius 3 is 2.56 bits per heavy atom. The molecule has 2 N–H and O–H groups in total. The van der Waals surface area contributed by atoms with Crippen molar-refractivity contribution in [2.24, 2.45) is 10.8 Å². The molecule has 1 aliphatic heterocycles. The Morgan fingerprint density at radius 1 is 1.33 bits per heavy atom. The Labute approximate surface area is 117 Å². The van der Waals surface area contributed by atoms with Gasteiger partial charge < -0.3 is 10.6 Å². The maximum Gasteiger partial charge on any atom is 0.227 e. The van der Waals surface area contributed by atoms with Crippen LogP contribution in [0.1, 0.15) is 52.4 Å². The maximum atomic E-state index is 12.2.